The third-order valence-electron chi connectivity index (χ3n) is 2.43. The summed E-state index contributed by atoms with van der Waals surface area (Å²) in [6, 6.07) is 2.45. The number of hydrogen-bond donors (Lipinski definition) is 3. The number of aromatic carboxylic acids is 1. The van der Waals surface area contributed by atoms with Gasteiger partial charge in [0, 0.05) is 18.0 Å². The molecule has 1 aromatic carbocycles. The van der Waals surface area contributed by atoms with Crippen LogP contribution in [0.4, 0.5) is 5.69 Å². The Morgan fingerprint density at radius 3 is 2.38 bits per heavy atom. The van der Waals surface area contributed by atoms with Gasteiger partial charge >= 0.3 is 5.97 Å². The highest BCUT2D eigenvalue weighted by Gasteiger charge is 2.25. The molecule has 118 valence electrons. The number of carbonyl (C=O) groups is 1. The fourth-order valence-corrected chi connectivity index (χ4v) is 4.33. The molecule has 1 rings (SSSR count). The van der Waals surface area contributed by atoms with Crippen LogP contribution in [0.25, 0.3) is 0 Å². The maximum absolute atomic E-state index is 12.2. The van der Waals surface area contributed by atoms with Crippen LogP contribution in [0.5, 0.6) is 0 Å². The van der Waals surface area contributed by atoms with Gasteiger partial charge in [-0.15, -0.1) is 0 Å². The van der Waals surface area contributed by atoms with Crippen LogP contribution in [0.2, 0.25) is 0 Å². The summed E-state index contributed by atoms with van der Waals surface area (Å²) in [7, 11) is -7.59. The van der Waals surface area contributed by atoms with Gasteiger partial charge in [-0.2, -0.15) is 0 Å². The van der Waals surface area contributed by atoms with E-state index in [-0.39, 0.29) is 5.69 Å². The van der Waals surface area contributed by atoms with E-state index in [1.54, 1.807) is 0 Å². The fourth-order valence-electron chi connectivity index (χ4n) is 1.75. The van der Waals surface area contributed by atoms with Crippen LogP contribution in [-0.2, 0) is 19.9 Å². The van der Waals surface area contributed by atoms with E-state index in [0.29, 0.717) is 0 Å². The Morgan fingerprint density at radius 2 is 1.90 bits per heavy atom. The number of rotatable bonds is 6. The Hall–Kier alpha value is -1.65. The van der Waals surface area contributed by atoms with Gasteiger partial charge < -0.3 is 10.8 Å². The van der Waals surface area contributed by atoms with Crippen molar-refractivity contribution >= 4 is 31.5 Å². The van der Waals surface area contributed by atoms with Crippen LogP contribution in [0.1, 0.15) is 17.3 Å². The number of hydrogen-bond acceptors (Lipinski definition) is 6. The third kappa shape index (κ3) is 4.99. The van der Waals surface area contributed by atoms with Crippen molar-refractivity contribution < 1.29 is 26.7 Å². The highest BCUT2D eigenvalue weighted by Crippen LogP contribution is 2.19. The number of anilines is 1. The minimum Gasteiger partial charge on any atom is -0.478 e. The number of nitrogens with two attached hydrogens (primary N) is 1. The molecule has 0 fully saturated rings. The molecule has 0 aromatic heterocycles. The lowest BCUT2D eigenvalue weighted by Gasteiger charge is -2.15. The van der Waals surface area contributed by atoms with Gasteiger partial charge in [-0.3, -0.25) is 0 Å². The first kappa shape index (κ1) is 17.4. The molecule has 0 bridgehead atoms. The second-order valence-corrected chi connectivity index (χ2v) is 8.54. The number of carboxylic acids is 1. The average molecular weight is 336 g/mol. The summed E-state index contributed by atoms with van der Waals surface area (Å²) in [5, 5.41) is 9.01. The third-order valence-corrected chi connectivity index (χ3v) is 5.17. The van der Waals surface area contributed by atoms with E-state index < -0.39 is 48.1 Å². The Balaban J connectivity index is 3.20. The normalized spacial score (nSPS) is 13.8. The molecule has 0 aliphatic heterocycles. The maximum atomic E-state index is 12.2. The zero-order chi connectivity index (χ0) is 16.4. The van der Waals surface area contributed by atoms with Gasteiger partial charge in [-0.1, -0.05) is 0 Å². The second-order valence-electron chi connectivity index (χ2n) is 4.68. The first-order chi connectivity index (χ1) is 9.42. The van der Waals surface area contributed by atoms with Crippen molar-refractivity contribution in [2.24, 2.45) is 0 Å². The molecule has 0 saturated heterocycles. The molecule has 0 amide bonds. The van der Waals surface area contributed by atoms with Crippen molar-refractivity contribution in [1.29, 1.82) is 0 Å². The smallest absolute Gasteiger partial charge is 0.337 e. The molecule has 0 spiro atoms. The Morgan fingerprint density at radius 1 is 1.33 bits per heavy atom. The Labute approximate surface area is 122 Å². The summed E-state index contributed by atoms with van der Waals surface area (Å²) < 4.78 is 48.8. The van der Waals surface area contributed by atoms with E-state index in [9.17, 15) is 21.6 Å². The van der Waals surface area contributed by atoms with Crippen molar-refractivity contribution in [2.75, 3.05) is 17.7 Å². The van der Waals surface area contributed by atoms with Crippen molar-refractivity contribution in [3.05, 3.63) is 23.8 Å². The molecule has 0 saturated carbocycles. The monoisotopic (exact) mass is 336 g/mol. The van der Waals surface area contributed by atoms with Crippen molar-refractivity contribution in [3.63, 3.8) is 0 Å². The molecule has 1 aromatic rings. The molecule has 0 radical (unpaired) electrons. The number of benzene rings is 1. The summed E-state index contributed by atoms with van der Waals surface area (Å²) in [6.45, 7) is 1.37. The first-order valence-electron chi connectivity index (χ1n) is 5.75. The summed E-state index contributed by atoms with van der Waals surface area (Å²) in [6.07, 6.45) is 0.973. The number of sulfone groups is 1. The Kier molecular flexibility index (Phi) is 4.97. The molecule has 21 heavy (non-hydrogen) atoms. The van der Waals surface area contributed by atoms with E-state index >= 15 is 0 Å². The van der Waals surface area contributed by atoms with E-state index in [4.69, 9.17) is 10.8 Å². The molecule has 0 heterocycles. The van der Waals surface area contributed by atoms with Crippen molar-refractivity contribution in [1.82, 2.24) is 4.72 Å². The maximum Gasteiger partial charge on any atom is 0.337 e. The predicted molar refractivity (Wildman–Crippen MR) is 77.3 cm³/mol. The SMILES string of the molecule is CC(CS(C)(=O)=O)NS(=O)(=O)c1cc(N)ccc1C(=O)O. The topological polar surface area (TPSA) is 144 Å². The zero-order valence-corrected chi connectivity index (χ0v) is 13.0. The minimum absolute atomic E-state index is 0.0798. The van der Waals surface area contributed by atoms with Crippen LogP contribution >= 0.6 is 0 Å². The van der Waals surface area contributed by atoms with Gasteiger partial charge in [0.25, 0.3) is 0 Å². The van der Waals surface area contributed by atoms with Gasteiger partial charge in [-0.05, 0) is 25.1 Å². The summed E-state index contributed by atoms with van der Waals surface area (Å²) in [5.74, 6) is -1.83. The summed E-state index contributed by atoms with van der Waals surface area (Å²) in [5.41, 5.74) is 5.11. The van der Waals surface area contributed by atoms with Gasteiger partial charge in [0.15, 0.2) is 0 Å². The van der Waals surface area contributed by atoms with Gasteiger partial charge in [0.2, 0.25) is 10.0 Å². The molecule has 10 heteroatoms. The first-order valence-corrected chi connectivity index (χ1v) is 9.29. The zero-order valence-electron chi connectivity index (χ0n) is 11.4. The van der Waals surface area contributed by atoms with Gasteiger partial charge in [0.05, 0.1) is 16.2 Å². The standard InChI is InChI=1S/C11H16N2O6S2/c1-7(6-20(2,16)17)13-21(18,19)10-5-8(12)3-4-9(10)11(14)15/h3-5,7,13H,6,12H2,1-2H3,(H,14,15). The van der Waals surface area contributed by atoms with Gasteiger partial charge in [0.1, 0.15) is 9.84 Å². The average Bonchev–Trinajstić information content (AvgIpc) is 2.24. The highest BCUT2D eigenvalue weighted by atomic mass is 32.2. The fraction of sp³-hybridized carbons (Fsp3) is 0.364. The van der Waals surface area contributed by atoms with Crippen LogP contribution in [0.3, 0.4) is 0 Å². The van der Waals surface area contributed by atoms with Crippen LogP contribution < -0.4 is 10.5 Å². The molecular weight excluding hydrogens is 320 g/mol. The van der Waals surface area contributed by atoms with Gasteiger partial charge in [-0.25, -0.2) is 26.4 Å². The molecule has 1 atom stereocenters. The second kappa shape index (κ2) is 6.00. The van der Waals surface area contributed by atoms with Crippen molar-refractivity contribution in [3.8, 4) is 0 Å². The van der Waals surface area contributed by atoms with Crippen molar-refractivity contribution in [2.45, 2.75) is 17.9 Å². The largest absolute Gasteiger partial charge is 0.478 e. The summed E-state index contributed by atoms with van der Waals surface area (Å²) in [4.78, 5) is 10.6. The lowest BCUT2D eigenvalue weighted by Crippen LogP contribution is -2.37. The lowest BCUT2D eigenvalue weighted by atomic mass is 10.2. The van der Waals surface area contributed by atoms with E-state index in [1.807, 2.05) is 0 Å². The molecular formula is C11H16N2O6S2. The lowest BCUT2D eigenvalue weighted by molar-refractivity contribution is 0.0692. The predicted octanol–water partition coefficient (Wildman–Crippen LogP) is -0.322. The molecule has 0 aliphatic carbocycles. The minimum atomic E-state index is -4.21. The van der Waals surface area contributed by atoms with E-state index in [2.05, 4.69) is 4.72 Å². The molecule has 4 N–H and O–H groups in total. The quantitative estimate of drug-likeness (QED) is 0.604. The summed E-state index contributed by atoms with van der Waals surface area (Å²) >= 11 is 0. The number of nitrogen functional groups attached to an aromatic ring is 1. The van der Waals surface area contributed by atoms with Crippen LogP contribution in [-0.4, -0.2) is 46.0 Å². The van der Waals surface area contributed by atoms with Crippen LogP contribution in [0.15, 0.2) is 23.1 Å². The molecule has 8 nitrogen and oxygen atoms in total. The van der Waals surface area contributed by atoms with E-state index in [0.717, 1.165) is 18.4 Å². The van der Waals surface area contributed by atoms with E-state index in [1.165, 1.54) is 13.0 Å². The molecule has 0 aliphatic rings. The molecule has 1 unspecified atom stereocenters. The van der Waals surface area contributed by atoms with Crippen LogP contribution in [0, 0.1) is 0 Å². The number of sulfonamides is 1. The Bertz CT molecular complexity index is 755. The highest BCUT2D eigenvalue weighted by molar-refractivity contribution is 7.91. The number of nitrogens with one attached hydrogen (secondary N) is 1. The number of carboxylic acid groups (broad SMARTS) is 1.